The summed E-state index contributed by atoms with van der Waals surface area (Å²) >= 11 is 5.98. The van der Waals surface area contributed by atoms with Gasteiger partial charge in [-0.25, -0.2) is 13.2 Å². The molecule has 0 aromatic heterocycles. The molecule has 43 heavy (non-hydrogen) atoms. The van der Waals surface area contributed by atoms with Crippen molar-refractivity contribution in [1.82, 2.24) is 5.32 Å². The van der Waals surface area contributed by atoms with Crippen LogP contribution >= 0.6 is 24.0 Å². The Balaban J connectivity index is 0.00000645. The average molecular weight is 657 g/mol. The zero-order valence-electron chi connectivity index (χ0n) is 24.2. The Labute approximate surface area is 264 Å². The van der Waals surface area contributed by atoms with Crippen LogP contribution in [0.15, 0.2) is 82.6 Å². The summed E-state index contributed by atoms with van der Waals surface area (Å²) in [6.07, 6.45) is -0.552. The van der Waals surface area contributed by atoms with Gasteiger partial charge in [-0.15, -0.1) is 12.4 Å². The lowest BCUT2D eigenvalue weighted by molar-refractivity contribution is -0.158. The molecule has 2 N–H and O–H groups in total. The zero-order valence-corrected chi connectivity index (χ0v) is 26.6. The Kier molecular flexibility index (Phi) is 16.0. The van der Waals surface area contributed by atoms with Crippen molar-refractivity contribution in [2.75, 3.05) is 46.1 Å². The first-order valence-corrected chi connectivity index (χ1v) is 15.6. The highest BCUT2D eigenvalue weighted by Crippen LogP contribution is 2.24. The number of hydrogen-bond donors (Lipinski definition) is 2. The number of halogens is 2. The highest BCUT2D eigenvalue weighted by Gasteiger charge is 2.19. The minimum absolute atomic E-state index is 0. The molecular formula is C31H39Cl2NO8S. The van der Waals surface area contributed by atoms with E-state index in [2.05, 4.69) is 5.32 Å². The molecule has 3 rings (SSSR count). The van der Waals surface area contributed by atoms with Crippen LogP contribution in [0, 0.1) is 0 Å². The lowest BCUT2D eigenvalue weighted by Crippen LogP contribution is -2.30. The van der Waals surface area contributed by atoms with E-state index in [9.17, 15) is 18.3 Å². The van der Waals surface area contributed by atoms with Gasteiger partial charge in [0.25, 0.3) is 0 Å². The van der Waals surface area contributed by atoms with Crippen LogP contribution in [0.2, 0.25) is 5.02 Å². The minimum atomic E-state index is -3.74. The van der Waals surface area contributed by atoms with Gasteiger partial charge in [0.2, 0.25) is 9.84 Å². The van der Waals surface area contributed by atoms with Crippen LogP contribution in [0.5, 0.6) is 5.75 Å². The fourth-order valence-corrected chi connectivity index (χ4v) is 5.43. The number of sulfone groups is 1. The van der Waals surface area contributed by atoms with Crippen molar-refractivity contribution >= 4 is 39.8 Å². The van der Waals surface area contributed by atoms with Gasteiger partial charge in [0.05, 0.1) is 29.1 Å². The lowest BCUT2D eigenvalue weighted by Gasteiger charge is -2.17. The van der Waals surface area contributed by atoms with Crippen LogP contribution in [0.25, 0.3) is 0 Å². The molecule has 0 saturated heterocycles. The Morgan fingerprint density at radius 1 is 0.930 bits per heavy atom. The Morgan fingerprint density at radius 2 is 1.53 bits per heavy atom. The maximum Gasteiger partial charge on any atom is 0.344 e. The van der Waals surface area contributed by atoms with Crippen LogP contribution in [-0.2, 0) is 35.3 Å². The summed E-state index contributed by atoms with van der Waals surface area (Å²) in [6.45, 7) is 5.77. The number of esters is 1. The van der Waals surface area contributed by atoms with Gasteiger partial charge in [-0.1, -0.05) is 35.9 Å². The molecule has 0 aliphatic carbocycles. The van der Waals surface area contributed by atoms with Crippen molar-refractivity contribution in [3.05, 3.63) is 88.9 Å². The number of carbonyl (C=O) groups excluding carboxylic acids is 1. The molecule has 0 spiro atoms. The largest absolute Gasteiger partial charge is 0.482 e. The standard InChI is InChI=1S/C31H38ClNO8S.ClH/c1-3-38-20-27(21-39-4-2)41-31(35)22-40-26-10-14-29(15-11-26)42(36,37)28-12-8-23(9-13-28)16-17-33-19-30(34)24-6-5-7-25(32)18-24;/h5-15,18,27,30,33-34H,3-4,16-17,19-22H2,1-2H3;1H/t30-;/m0./s1. The smallest absolute Gasteiger partial charge is 0.344 e. The number of ether oxygens (including phenoxy) is 4. The van der Waals surface area contributed by atoms with Crippen LogP contribution in [-0.4, -0.2) is 71.7 Å². The molecule has 0 aliphatic rings. The van der Waals surface area contributed by atoms with Gasteiger partial charge in [0, 0.05) is 24.8 Å². The first kappa shape index (κ1) is 36.5. The fourth-order valence-electron chi connectivity index (χ4n) is 3.97. The monoisotopic (exact) mass is 655 g/mol. The van der Waals surface area contributed by atoms with Gasteiger partial charge in [-0.3, -0.25) is 0 Å². The molecule has 0 unspecified atom stereocenters. The van der Waals surface area contributed by atoms with Crippen LogP contribution in [0.4, 0.5) is 0 Å². The Morgan fingerprint density at radius 3 is 2.12 bits per heavy atom. The normalized spacial score (nSPS) is 12.0. The molecule has 3 aromatic rings. The molecule has 3 aromatic carbocycles. The molecule has 0 amide bonds. The lowest BCUT2D eigenvalue weighted by atomic mass is 10.1. The number of carbonyl (C=O) groups is 1. The molecule has 0 bridgehead atoms. The van der Waals surface area contributed by atoms with Crippen molar-refractivity contribution in [3.63, 3.8) is 0 Å². The molecule has 0 heterocycles. The molecule has 0 fully saturated rings. The van der Waals surface area contributed by atoms with Gasteiger partial charge < -0.3 is 29.4 Å². The quantitative estimate of drug-likeness (QED) is 0.147. The number of rotatable bonds is 18. The third-order valence-corrected chi connectivity index (χ3v) is 8.22. The van der Waals surface area contributed by atoms with E-state index < -0.39 is 28.0 Å². The van der Waals surface area contributed by atoms with Crippen molar-refractivity contribution in [2.24, 2.45) is 0 Å². The second-order valence-corrected chi connectivity index (χ2v) is 11.7. The first-order chi connectivity index (χ1) is 20.2. The van der Waals surface area contributed by atoms with Crippen LogP contribution in [0.3, 0.4) is 0 Å². The van der Waals surface area contributed by atoms with E-state index in [0.29, 0.717) is 43.5 Å². The van der Waals surface area contributed by atoms with E-state index in [1.54, 1.807) is 42.5 Å². The van der Waals surface area contributed by atoms with Crippen molar-refractivity contribution in [1.29, 1.82) is 0 Å². The molecule has 0 aliphatic heterocycles. The summed E-state index contributed by atoms with van der Waals surface area (Å²) in [5.74, 6) is -0.246. The van der Waals surface area contributed by atoms with Crippen LogP contribution < -0.4 is 10.1 Å². The highest BCUT2D eigenvalue weighted by atomic mass is 35.5. The third kappa shape index (κ3) is 12.1. The van der Waals surface area contributed by atoms with Gasteiger partial charge in [0.15, 0.2) is 6.61 Å². The molecule has 1 atom stereocenters. The van der Waals surface area contributed by atoms with Gasteiger partial charge in [0.1, 0.15) is 11.9 Å². The summed E-state index contributed by atoms with van der Waals surface area (Å²) in [5, 5.41) is 14.1. The minimum Gasteiger partial charge on any atom is -0.482 e. The van der Waals surface area contributed by atoms with Crippen LogP contribution in [0.1, 0.15) is 31.1 Å². The Hall–Kier alpha value is -2.70. The highest BCUT2D eigenvalue weighted by molar-refractivity contribution is 7.91. The van der Waals surface area contributed by atoms with E-state index >= 15 is 0 Å². The van der Waals surface area contributed by atoms with Gasteiger partial charge in [-0.2, -0.15) is 0 Å². The number of aliphatic hydroxyl groups excluding tert-OH is 1. The van der Waals surface area contributed by atoms with Gasteiger partial charge >= 0.3 is 5.97 Å². The number of nitrogens with one attached hydrogen (secondary N) is 1. The number of benzene rings is 3. The average Bonchev–Trinajstić information content (AvgIpc) is 3.00. The molecule has 0 saturated carbocycles. The van der Waals surface area contributed by atoms with E-state index in [-0.39, 0.29) is 42.0 Å². The molecular weight excluding hydrogens is 617 g/mol. The van der Waals surface area contributed by atoms with Gasteiger partial charge in [-0.05, 0) is 86.5 Å². The van der Waals surface area contributed by atoms with E-state index in [0.717, 1.165) is 11.1 Å². The third-order valence-electron chi connectivity index (χ3n) is 6.20. The molecule has 236 valence electrons. The predicted molar refractivity (Wildman–Crippen MR) is 167 cm³/mol. The maximum absolute atomic E-state index is 13.1. The summed E-state index contributed by atoms with van der Waals surface area (Å²) in [6, 6.07) is 19.7. The topological polar surface area (TPSA) is 120 Å². The van der Waals surface area contributed by atoms with E-state index in [1.807, 2.05) is 19.9 Å². The Bertz CT molecular complexity index is 1350. The van der Waals surface area contributed by atoms with Crippen molar-refractivity contribution in [3.8, 4) is 5.75 Å². The maximum atomic E-state index is 13.1. The SMILES string of the molecule is CCOCC(COCC)OC(=O)COc1ccc(S(=O)(=O)c2ccc(CCNC[C@H](O)c3cccc(Cl)c3)cc2)cc1.Cl. The second kappa shape index (κ2) is 18.9. The first-order valence-electron chi connectivity index (χ1n) is 13.8. The zero-order chi connectivity index (χ0) is 30.4. The summed E-state index contributed by atoms with van der Waals surface area (Å²) in [4.78, 5) is 12.5. The van der Waals surface area contributed by atoms with E-state index in [4.69, 9.17) is 30.5 Å². The summed E-state index contributed by atoms with van der Waals surface area (Å²) < 4.78 is 47.7. The summed E-state index contributed by atoms with van der Waals surface area (Å²) in [5.41, 5.74) is 1.70. The van der Waals surface area contributed by atoms with Crippen molar-refractivity contribution in [2.45, 2.75) is 42.3 Å². The summed E-state index contributed by atoms with van der Waals surface area (Å²) in [7, 11) is -3.74. The number of aliphatic hydroxyl groups is 1. The molecule has 12 heteroatoms. The van der Waals surface area contributed by atoms with E-state index in [1.165, 1.54) is 24.3 Å². The second-order valence-electron chi connectivity index (χ2n) is 9.36. The molecule has 0 radical (unpaired) electrons. The number of hydrogen-bond acceptors (Lipinski definition) is 9. The molecule has 9 nitrogen and oxygen atoms in total. The fraction of sp³-hybridized carbons (Fsp3) is 0.387. The predicted octanol–water partition coefficient (Wildman–Crippen LogP) is 4.82. The van der Waals surface area contributed by atoms with Crippen molar-refractivity contribution < 1.29 is 37.3 Å².